The summed E-state index contributed by atoms with van der Waals surface area (Å²) in [5.41, 5.74) is 1.73. The van der Waals surface area contributed by atoms with Crippen LogP contribution in [0.1, 0.15) is 17.5 Å². The molecule has 1 saturated heterocycles. The van der Waals surface area contributed by atoms with Crippen molar-refractivity contribution < 1.29 is 23.9 Å². The van der Waals surface area contributed by atoms with Crippen molar-refractivity contribution in [2.24, 2.45) is 0 Å². The zero-order valence-corrected chi connectivity index (χ0v) is 19.1. The lowest BCUT2D eigenvalue weighted by atomic mass is 10.0. The number of rotatable bonds is 8. The monoisotopic (exact) mass is 501 g/mol. The minimum Gasteiger partial charge on any atom is -0.467 e. The van der Waals surface area contributed by atoms with E-state index in [1.165, 1.54) is 7.11 Å². The summed E-state index contributed by atoms with van der Waals surface area (Å²) in [5.74, 6) is -1.95. The normalized spacial score (nSPS) is 18.8. The molecule has 3 N–H and O–H groups in total. The smallest absolute Gasteiger partial charge is 0.328 e. The van der Waals surface area contributed by atoms with Gasteiger partial charge in [-0.2, -0.15) is 0 Å². The molecule has 1 fully saturated rings. The molecule has 3 amide bonds. The molecule has 0 saturated carbocycles. The first-order chi connectivity index (χ1) is 15.4. The fourth-order valence-electron chi connectivity index (χ4n) is 3.47. The number of ether oxygens (including phenoxy) is 1. The standard InChI is InChI=1S/C23H24BrN3O5/c1-32-23(31)19(12-15-9-5-6-10-16(15)24)25-20(28)13-18-22(30)26-17(21(29)27-18)11-14-7-3-2-4-8-14/h2-10,17-19H,11-13H2,1H3,(H,25,28)(H,26,30)(H,27,29)/t17-,18-,19+/m0/s1. The molecule has 2 aromatic carbocycles. The molecule has 1 aliphatic rings. The molecule has 0 bridgehead atoms. The number of halogens is 1. The van der Waals surface area contributed by atoms with E-state index in [9.17, 15) is 19.2 Å². The zero-order valence-electron chi connectivity index (χ0n) is 17.5. The maximum Gasteiger partial charge on any atom is 0.328 e. The number of piperazine rings is 1. The summed E-state index contributed by atoms with van der Waals surface area (Å²) in [5, 5.41) is 7.89. The molecular weight excluding hydrogens is 478 g/mol. The SMILES string of the molecule is COC(=O)[C@@H](Cc1ccccc1Br)NC(=O)C[C@@H]1NC(=O)[C@H](Cc2ccccc2)NC1=O. The Morgan fingerprint density at radius 2 is 1.62 bits per heavy atom. The van der Waals surface area contributed by atoms with Gasteiger partial charge in [-0.05, 0) is 17.2 Å². The van der Waals surface area contributed by atoms with Crippen LogP contribution in [0.2, 0.25) is 0 Å². The average molecular weight is 502 g/mol. The van der Waals surface area contributed by atoms with Crippen molar-refractivity contribution in [2.75, 3.05) is 7.11 Å². The van der Waals surface area contributed by atoms with Gasteiger partial charge < -0.3 is 20.7 Å². The van der Waals surface area contributed by atoms with E-state index in [-0.39, 0.29) is 18.7 Å². The molecule has 0 radical (unpaired) electrons. The summed E-state index contributed by atoms with van der Waals surface area (Å²) in [7, 11) is 1.24. The van der Waals surface area contributed by atoms with Gasteiger partial charge in [-0.1, -0.05) is 64.5 Å². The van der Waals surface area contributed by atoms with Gasteiger partial charge in [0.2, 0.25) is 17.7 Å². The number of carbonyl (C=O) groups excluding carboxylic acids is 4. The Labute approximate surface area is 194 Å². The lowest BCUT2D eigenvalue weighted by Crippen LogP contribution is -2.63. The van der Waals surface area contributed by atoms with E-state index in [0.29, 0.717) is 6.42 Å². The first-order valence-corrected chi connectivity index (χ1v) is 10.9. The largest absolute Gasteiger partial charge is 0.467 e. The number of hydrogen-bond donors (Lipinski definition) is 3. The van der Waals surface area contributed by atoms with Crippen molar-refractivity contribution in [3.63, 3.8) is 0 Å². The van der Waals surface area contributed by atoms with Gasteiger partial charge in [-0.3, -0.25) is 14.4 Å². The molecule has 0 aromatic heterocycles. The maximum atomic E-state index is 12.6. The minimum absolute atomic E-state index is 0.211. The highest BCUT2D eigenvalue weighted by molar-refractivity contribution is 9.10. The second-order valence-corrected chi connectivity index (χ2v) is 8.31. The van der Waals surface area contributed by atoms with Crippen LogP contribution in [0.15, 0.2) is 59.1 Å². The Balaban J connectivity index is 1.59. The third-order valence-corrected chi connectivity index (χ3v) is 5.91. The first-order valence-electron chi connectivity index (χ1n) is 10.1. The number of methoxy groups -OCH3 is 1. The molecule has 168 valence electrons. The van der Waals surface area contributed by atoms with E-state index >= 15 is 0 Å². The number of esters is 1. The van der Waals surface area contributed by atoms with E-state index in [0.717, 1.165) is 15.6 Å². The molecule has 32 heavy (non-hydrogen) atoms. The fraction of sp³-hybridized carbons (Fsp3) is 0.304. The number of carbonyl (C=O) groups is 4. The van der Waals surface area contributed by atoms with E-state index in [1.807, 2.05) is 54.6 Å². The molecule has 1 aliphatic heterocycles. The van der Waals surface area contributed by atoms with Crippen LogP contribution in [0.25, 0.3) is 0 Å². The molecule has 1 heterocycles. The van der Waals surface area contributed by atoms with Gasteiger partial charge in [0.1, 0.15) is 18.1 Å². The predicted molar refractivity (Wildman–Crippen MR) is 120 cm³/mol. The Morgan fingerprint density at radius 3 is 2.31 bits per heavy atom. The number of nitrogens with one attached hydrogen (secondary N) is 3. The molecular formula is C23H24BrN3O5. The van der Waals surface area contributed by atoms with Crippen molar-refractivity contribution in [3.8, 4) is 0 Å². The third-order valence-electron chi connectivity index (χ3n) is 5.14. The summed E-state index contributed by atoms with van der Waals surface area (Å²) in [4.78, 5) is 49.7. The van der Waals surface area contributed by atoms with E-state index < -0.39 is 35.9 Å². The van der Waals surface area contributed by atoms with Gasteiger partial charge in [0.05, 0.1) is 13.5 Å². The van der Waals surface area contributed by atoms with Gasteiger partial charge >= 0.3 is 5.97 Å². The van der Waals surface area contributed by atoms with Gasteiger partial charge in [0.15, 0.2) is 0 Å². The lowest BCUT2D eigenvalue weighted by Gasteiger charge is -2.29. The highest BCUT2D eigenvalue weighted by atomic mass is 79.9. The summed E-state index contributed by atoms with van der Waals surface area (Å²) >= 11 is 3.42. The van der Waals surface area contributed by atoms with Crippen LogP contribution in [0, 0.1) is 0 Å². The Morgan fingerprint density at radius 1 is 1.00 bits per heavy atom. The van der Waals surface area contributed by atoms with Gasteiger partial charge in [0, 0.05) is 17.3 Å². The van der Waals surface area contributed by atoms with Crippen LogP contribution in [-0.4, -0.2) is 48.9 Å². The summed E-state index contributed by atoms with van der Waals surface area (Å²) in [6.45, 7) is 0. The molecule has 0 spiro atoms. The molecule has 2 aromatic rings. The third kappa shape index (κ3) is 6.16. The number of hydrogen-bond acceptors (Lipinski definition) is 5. The van der Waals surface area contributed by atoms with Crippen LogP contribution < -0.4 is 16.0 Å². The topological polar surface area (TPSA) is 114 Å². The molecule has 3 rings (SSSR count). The van der Waals surface area contributed by atoms with Gasteiger partial charge in [-0.25, -0.2) is 4.79 Å². The Kier molecular flexibility index (Phi) is 7.99. The van der Waals surface area contributed by atoms with Crippen LogP contribution >= 0.6 is 15.9 Å². The Hall–Kier alpha value is -3.20. The van der Waals surface area contributed by atoms with E-state index in [1.54, 1.807) is 0 Å². The Bertz CT molecular complexity index is 998. The molecule has 9 heteroatoms. The summed E-state index contributed by atoms with van der Waals surface area (Å²) in [6, 6.07) is 14.0. The van der Waals surface area contributed by atoms with Crippen LogP contribution in [0.5, 0.6) is 0 Å². The second-order valence-electron chi connectivity index (χ2n) is 7.45. The molecule has 0 aliphatic carbocycles. The van der Waals surface area contributed by atoms with Crippen molar-refractivity contribution in [3.05, 3.63) is 70.2 Å². The van der Waals surface area contributed by atoms with Crippen LogP contribution in [0.4, 0.5) is 0 Å². The second kappa shape index (κ2) is 10.9. The zero-order chi connectivity index (χ0) is 23.1. The minimum atomic E-state index is -1.02. The maximum absolute atomic E-state index is 12.6. The van der Waals surface area contributed by atoms with Crippen molar-refractivity contribution in [2.45, 2.75) is 37.4 Å². The quantitative estimate of drug-likeness (QED) is 0.471. The van der Waals surface area contributed by atoms with Crippen molar-refractivity contribution in [1.82, 2.24) is 16.0 Å². The number of benzene rings is 2. The van der Waals surface area contributed by atoms with Crippen molar-refractivity contribution in [1.29, 1.82) is 0 Å². The predicted octanol–water partition coefficient (Wildman–Crippen LogP) is 1.27. The average Bonchev–Trinajstić information content (AvgIpc) is 2.78. The lowest BCUT2D eigenvalue weighted by molar-refractivity contribution is -0.145. The summed E-state index contributed by atoms with van der Waals surface area (Å²) < 4.78 is 5.60. The van der Waals surface area contributed by atoms with Crippen LogP contribution in [0.3, 0.4) is 0 Å². The highest BCUT2D eigenvalue weighted by Gasteiger charge is 2.35. The highest BCUT2D eigenvalue weighted by Crippen LogP contribution is 2.18. The van der Waals surface area contributed by atoms with Gasteiger partial charge in [0.25, 0.3) is 0 Å². The number of amides is 3. The van der Waals surface area contributed by atoms with Crippen LogP contribution in [-0.2, 0) is 36.8 Å². The molecule has 0 unspecified atom stereocenters. The van der Waals surface area contributed by atoms with E-state index in [2.05, 4.69) is 31.9 Å². The molecule has 8 nitrogen and oxygen atoms in total. The van der Waals surface area contributed by atoms with E-state index in [4.69, 9.17) is 4.74 Å². The first kappa shape index (κ1) is 23.5. The fourth-order valence-corrected chi connectivity index (χ4v) is 3.92. The molecule has 3 atom stereocenters. The van der Waals surface area contributed by atoms with Crippen molar-refractivity contribution >= 4 is 39.6 Å². The van der Waals surface area contributed by atoms with Gasteiger partial charge in [-0.15, -0.1) is 0 Å². The summed E-state index contributed by atoms with van der Waals surface area (Å²) in [6.07, 6.45) is 0.273.